The van der Waals surface area contributed by atoms with Gasteiger partial charge in [0.1, 0.15) is 0 Å². The smallest absolute Gasteiger partial charge is 0.254 e. The van der Waals surface area contributed by atoms with Gasteiger partial charge in [0.25, 0.3) is 5.88 Å². The van der Waals surface area contributed by atoms with Crippen molar-refractivity contribution < 1.29 is 9.13 Å². The number of aromatic nitrogens is 2. The fourth-order valence-corrected chi connectivity index (χ4v) is 1.36. The number of rotatable bonds is 5. The fourth-order valence-electron chi connectivity index (χ4n) is 1.23. The van der Waals surface area contributed by atoms with E-state index >= 15 is 0 Å². The summed E-state index contributed by atoms with van der Waals surface area (Å²) in [5, 5.41) is -0.00505. The Kier molecular flexibility index (Phi) is 4.75. The maximum Gasteiger partial charge on any atom is 0.254 e. The minimum Gasteiger partial charge on any atom is -0.475 e. The number of ether oxygens (including phenoxy) is 1. The summed E-state index contributed by atoms with van der Waals surface area (Å²) in [6.45, 7) is 4.58. The van der Waals surface area contributed by atoms with Crippen LogP contribution >= 0.6 is 11.6 Å². The highest BCUT2D eigenvalue weighted by atomic mass is 35.5. The fraction of sp³-hybridized carbons (Fsp3) is 0.600. The number of halogens is 2. The van der Waals surface area contributed by atoms with Gasteiger partial charge in [-0.1, -0.05) is 20.3 Å². The van der Waals surface area contributed by atoms with E-state index in [0.717, 1.165) is 19.0 Å². The van der Waals surface area contributed by atoms with Crippen molar-refractivity contribution in [2.24, 2.45) is 5.92 Å². The molecule has 5 heteroatoms. The molecule has 0 saturated carbocycles. The van der Waals surface area contributed by atoms with Crippen LogP contribution in [0.25, 0.3) is 0 Å². The lowest BCUT2D eigenvalue weighted by Gasteiger charge is -2.11. The van der Waals surface area contributed by atoms with Gasteiger partial charge in [-0.2, -0.15) is 9.37 Å². The molecule has 0 bridgehead atoms. The molecule has 84 valence electrons. The molecule has 1 rings (SSSR count). The van der Waals surface area contributed by atoms with Crippen molar-refractivity contribution in [2.75, 3.05) is 6.61 Å². The first-order chi connectivity index (χ1) is 7.13. The van der Waals surface area contributed by atoms with Crippen molar-refractivity contribution in [2.45, 2.75) is 26.7 Å². The predicted molar refractivity (Wildman–Crippen MR) is 56.6 cm³/mol. The molecule has 0 spiro atoms. The Hall–Kier alpha value is -0.900. The van der Waals surface area contributed by atoms with E-state index in [-0.39, 0.29) is 11.2 Å². The first-order valence-corrected chi connectivity index (χ1v) is 5.32. The lowest BCUT2D eigenvalue weighted by molar-refractivity contribution is 0.232. The molecule has 0 amide bonds. The Morgan fingerprint density at radius 1 is 1.60 bits per heavy atom. The Morgan fingerprint density at radius 3 is 3.00 bits per heavy atom. The normalized spacial score (nSPS) is 12.5. The second-order valence-electron chi connectivity index (χ2n) is 3.50. The van der Waals surface area contributed by atoms with Gasteiger partial charge in [0.15, 0.2) is 0 Å². The first-order valence-electron chi connectivity index (χ1n) is 4.94. The average molecular weight is 233 g/mol. The van der Waals surface area contributed by atoms with Crippen molar-refractivity contribution in [1.82, 2.24) is 9.97 Å². The van der Waals surface area contributed by atoms with Crippen LogP contribution in [0.2, 0.25) is 5.28 Å². The van der Waals surface area contributed by atoms with Gasteiger partial charge in [-0.05, 0) is 23.9 Å². The zero-order valence-corrected chi connectivity index (χ0v) is 9.59. The van der Waals surface area contributed by atoms with Crippen LogP contribution in [0.5, 0.6) is 5.88 Å². The molecule has 15 heavy (non-hydrogen) atoms. The van der Waals surface area contributed by atoms with Crippen molar-refractivity contribution >= 4 is 11.6 Å². The van der Waals surface area contributed by atoms with Crippen LogP contribution < -0.4 is 4.74 Å². The average Bonchev–Trinajstić information content (AvgIpc) is 2.20. The maximum absolute atomic E-state index is 13.1. The summed E-state index contributed by atoms with van der Waals surface area (Å²) in [5.41, 5.74) is 0. The summed E-state index contributed by atoms with van der Waals surface area (Å²) in [7, 11) is 0. The number of nitrogens with zero attached hydrogens (tertiary/aromatic N) is 2. The molecule has 0 fully saturated rings. The van der Waals surface area contributed by atoms with Crippen molar-refractivity contribution in [3.63, 3.8) is 0 Å². The molecule has 0 aliphatic heterocycles. The predicted octanol–water partition coefficient (Wildman–Crippen LogP) is 3.08. The van der Waals surface area contributed by atoms with Crippen LogP contribution in [-0.4, -0.2) is 16.6 Å². The third-order valence-corrected chi connectivity index (χ3v) is 2.15. The SMILES string of the molecule is CCCC(C)COc1nc(Cl)ncc1F. The molecule has 0 aliphatic carbocycles. The molecule has 1 heterocycles. The Balaban J connectivity index is 2.53. The van der Waals surface area contributed by atoms with Gasteiger partial charge in [0.05, 0.1) is 12.8 Å². The van der Waals surface area contributed by atoms with Gasteiger partial charge in [0, 0.05) is 0 Å². The minimum atomic E-state index is -0.580. The highest BCUT2D eigenvalue weighted by Crippen LogP contribution is 2.16. The van der Waals surface area contributed by atoms with Crippen LogP contribution in [0.4, 0.5) is 4.39 Å². The molecular weight excluding hydrogens is 219 g/mol. The monoisotopic (exact) mass is 232 g/mol. The lowest BCUT2D eigenvalue weighted by Crippen LogP contribution is -2.10. The van der Waals surface area contributed by atoms with E-state index < -0.39 is 5.82 Å². The van der Waals surface area contributed by atoms with E-state index in [9.17, 15) is 4.39 Å². The largest absolute Gasteiger partial charge is 0.475 e. The molecule has 1 aromatic rings. The topological polar surface area (TPSA) is 35.0 Å². The Labute approximate surface area is 93.6 Å². The molecule has 0 aliphatic rings. The lowest BCUT2D eigenvalue weighted by atomic mass is 10.1. The van der Waals surface area contributed by atoms with Crippen LogP contribution in [0.1, 0.15) is 26.7 Å². The van der Waals surface area contributed by atoms with E-state index in [1.807, 2.05) is 6.92 Å². The summed E-state index contributed by atoms with van der Waals surface area (Å²) in [6, 6.07) is 0. The summed E-state index contributed by atoms with van der Waals surface area (Å²) in [4.78, 5) is 7.16. The maximum atomic E-state index is 13.1. The molecule has 1 atom stereocenters. The van der Waals surface area contributed by atoms with Gasteiger partial charge < -0.3 is 4.74 Å². The standard InChI is InChI=1S/C10H14ClFN2O/c1-3-4-7(2)6-15-9-8(12)5-13-10(11)14-9/h5,7H,3-4,6H2,1-2H3. The second kappa shape index (κ2) is 5.85. The Morgan fingerprint density at radius 2 is 2.33 bits per heavy atom. The highest BCUT2D eigenvalue weighted by Gasteiger charge is 2.09. The van der Waals surface area contributed by atoms with E-state index in [1.165, 1.54) is 0 Å². The molecule has 0 saturated heterocycles. The van der Waals surface area contributed by atoms with Gasteiger partial charge in [-0.3, -0.25) is 0 Å². The zero-order chi connectivity index (χ0) is 11.3. The first kappa shape index (κ1) is 12.2. The summed E-state index contributed by atoms with van der Waals surface area (Å²) in [6.07, 6.45) is 3.13. The second-order valence-corrected chi connectivity index (χ2v) is 3.84. The Bertz CT molecular complexity index is 322. The van der Waals surface area contributed by atoms with E-state index in [1.54, 1.807) is 0 Å². The van der Waals surface area contributed by atoms with Crippen molar-refractivity contribution in [3.05, 3.63) is 17.3 Å². The van der Waals surface area contributed by atoms with Gasteiger partial charge in [-0.25, -0.2) is 4.98 Å². The summed E-state index contributed by atoms with van der Waals surface area (Å²) in [5.74, 6) is -0.274. The van der Waals surface area contributed by atoms with E-state index in [4.69, 9.17) is 16.3 Å². The summed E-state index contributed by atoms with van der Waals surface area (Å²) < 4.78 is 18.3. The van der Waals surface area contributed by atoms with Crippen molar-refractivity contribution in [3.8, 4) is 5.88 Å². The van der Waals surface area contributed by atoms with Gasteiger partial charge in [-0.15, -0.1) is 0 Å². The molecule has 0 aromatic carbocycles. The van der Waals surface area contributed by atoms with E-state index in [0.29, 0.717) is 12.5 Å². The van der Waals surface area contributed by atoms with Gasteiger partial charge in [0.2, 0.25) is 11.1 Å². The molecule has 0 N–H and O–H groups in total. The highest BCUT2D eigenvalue weighted by molar-refractivity contribution is 6.28. The third-order valence-electron chi connectivity index (χ3n) is 1.97. The zero-order valence-electron chi connectivity index (χ0n) is 8.83. The number of hydrogen-bond donors (Lipinski definition) is 0. The quantitative estimate of drug-likeness (QED) is 0.732. The molecule has 1 unspecified atom stereocenters. The van der Waals surface area contributed by atoms with Gasteiger partial charge >= 0.3 is 0 Å². The van der Waals surface area contributed by atoms with Crippen LogP contribution in [0, 0.1) is 11.7 Å². The third kappa shape index (κ3) is 4.00. The molecule has 0 radical (unpaired) electrons. The van der Waals surface area contributed by atoms with Crippen LogP contribution in [-0.2, 0) is 0 Å². The molecule has 1 aromatic heterocycles. The van der Waals surface area contributed by atoms with Crippen molar-refractivity contribution in [1.29, 1.82) is 0 Å². The van der Waals surface area contributed by atoms with Crippen LogP contribution in [0.15, 0.2) is 6.20 Å². The summed E-state index contributed by atoms with van der Waals surface area (Å²) >= 11 is 5.52. The minimum absolute atomic E-state index is 0.00505. The van der Waals surface area contributed by atoms with E-state index in [2.05, 4.69) is 16.9 Å². The molecule has 3 nitrogen and oxygen atoms in total. The number of hydrogen-bond acceptors (Lipinski definition) is 3. The molecular formula is C10H14ClFN2O. The van der Waals surface area contributed by atoms with Crippen LogP contribution in [0.3, 0.4) is 0 Å².